The molecule has 0 bridgehead atoms. The highest BCUT2D eigenvalue weighted by Gasteiger charge is 2.16. The van der Waals surface area contributed by atoms with Crippen LogP contribution in [0.15, 0.2) is 60.8 Å². The second-order valence-corrected chi connectivity index (χ2v) is 22.9. The third-order valence-corrected chi connectivity index (χ3v) is 15.3. The molecule has 0 rings (SSSR count). The number of hydrogen-bond donors (Lipinski definition) is 1. The molecule has 1 unspecified atom stereocenters. The van der Waals surface area contributed by atoms with E-state index in [1.807, 2.05) is 0 Å². The molecule has 0 saturated carbocycles. The highest BCUT2D eigenvalue weighted by atomic mass is 16.6. The standard InChI is InChI=1S/C71H130O5/c1-3-5-7-9-11-13-15-17-19-21-23-25-27-29-31-33-35-37-39-41-43-45-47-49-51-53-55-57-59-61-63-65-70(73)75-68-69(67-72)76-71(74)66-64-62-60-58-56-54-52-50-48-46-44-42-40-38-36-34-32-30-28-26-24-22-20-18-16-14-12-10-8-6-4-2/h15-18,21-24,28,30,69,72H,3-14,19-20,25-27,29,31-68H2,1-2H3/b17-15-,18-16-,23-21-,24-22-,30-28-. The molecule has 0 amide bonds. The number of hydrogen-bond acceptors (Lipinski definition) is 5. The number of aliphatic hydroxyl groups excluding tert-OH is 1. The average molecular weight is 1060 g/mol. The molecule has 0 radical (unpaired) electrons. The molecule has 0 aliphatic rings. The van der Waals surface area contributed by atoms with Gasteiger partial charge in [0.15, 0.2) is 6.10 Å². The summed E-state index contributed by atoms with van der Waals surface area (Å²) in [6, 6.07) is 0. The molecule has 0 aromatic rings. The Balaban J connectivity index is 3.42. The Morgan fingerprint density at radius 2 is 0.526 bits per heavy atom. The lowest BCUT2D eigenvalue weighted by molar-refractivity contribution is -0.161. The summed E-state index contributed by atoms with van der Waals surface area (Å²) >= 11 is 0. The van der Waals surface area contributed by atoms with E-state index in [4.69, 9.17) is 9.47 Å². The van der Waals surface area contributed by atoms with Gasteiger partial charge in [-0.3, -0.25) is 9.59 Å². The zero-order valence-electron chi connectivity index (χ0n) is 51.0. The zero-order valence-corrected chi connectivity index (χ0v) is 51.0. The van der Waals surface area contributed by atoms with E-state index < -0.39 is 6.10 Å². The molecule has 0 aromatic heterocycles. The largest absolute Gasteiger partial charge is 0.462 e. The van der Waals surface area contributed by atoms with Crippen molar-refractivity contribution in [2.75, 3.05) is 13.2 Å². The fourth-order valence-electron chi connectivity index (χ4n) is 10.2. The third-order valence-electron chi connectivity index (χ3n) is 15.3. The fourth-order valence-corrected chi connectivity index (χ4v) is 10.2. The van der Waals surface area contributed by atoms with Crippen LogP contribution in [-0.2, 0) is 19.1 Å². The first kappa shape index (κ1) is 73.6. The van der Waals surface area contributed by atoms with Crippen LogP contribution in [0.1, 0.15) is 361 Å². The summed E-state index contributed by atoms with van der Waals surface area (Å²) in [5.74, 6) is -0.573. The second-order valence-electron chi connectivity index (χ2n) is 22.9. The van der Waals surface area contributed by atoms with Gasteiger partial charge in [-0.15, -0.1) is 0 Å². The lowest BCUT2D eigenvalue weighted by Gasteiger charge is -2.15. The van der Waals surface area contributed by atoms with E-state index >= 15 is 0 Å². The molecule has 5 heteroatoms. The van der Waals surface area contributed by atoms with Crippen molar-refractivity contribution in [1.82, 2.24) is 0 Å². The van der Waals surface area contributed by atoms with Gasteiger partial charge in [0.25, 0.3) is 0 Å². The van der Waals surface area contributed by atoms with E-state index in [1.54, 1.807) is 0 Å². The van der Waals surface area contributed by atoms with Crippen LogP contribution in [0.5, 0.6) is 0 Å². The molecule has 0 fully saturated rings. The molecule has 1 N–H and O–H groups in total. The number of ether oxygens (including phenoxy) is 2. The number of allylic oxidation sites excluding steroid dienone is 10. The number of esters is 2. The monoisotopic (exact) mass is 1060 g/mol. The topological polar surface area (TPSA) is 72.8 Å². The average Bonchev–Trinajstić information content (AvgIpc) is 3.42. The minimum Gasteiger partial charge on any atom is -0.462 e. The molecule has 0 aromatic carbocycles. The van der Waals surface area contributed by atoms with Gasteiger partial charge in [0.1, 0.15) is 6.61 Å². The van der Waals surface area contributed by atoms with E-state index in [0.717, 1.165) is 57.8 Å². The van der Waals surface area contributed by atoms with Crippen LogP contribution >= 0.6 is 0 Å². The van der Waals surface area contributed by atoms with E-state index in [-0.39, 0.29) is 25.2 Å². The van der Waals surface area contributed by atoms with Crippen LogP contribution < -0.4 is 0 Å². The molecule has 444 valence electrons. The number of carbonyl (C=O) groups excluding carboxylic acids is 2. The first-order chi connectivity index (χ1) is 37.6. The van der Waals surface area contributed by atoms with Gasteiger partial charge in [-0.05, 0) is 83.5 Å². The van der Waals surface area contributed by atoms with Crippen LogP contribution in [0.25, 0.3) is 0 Å². The molecular formula is C71H130O5. The predicted octanol–water partition coefficient (Wildman–Crippen LogP) is 23.3. The molecule has 1 atom stereocenters. The SMILES string of the molecule is CCCCCCC/C=C\C/C=C\C/C=C\CCCCCCCCCCCCCCCCCCC(=O)OC(CO)COC(=O)CCCCCCCCCCCCCCCCCCCCC/C=C\C/C=C\CCCCCCC. The second kappa shape index (κ2) is 66.9. The highest BCUT2D eigenvalue weighted by Crippen LogP contribution is 2.18. The van der Waals surface area contributed by atoms with Crippen LogP contribution in [0, 0.1) is 0 Å². The summed E-state index contributed by atoms with van der Waals surface area (Å²) in [5, 5.41) is 9.70. The van der Waals surface area contributed by atoms with E-state index in [9.17, 15) is 14.7 Å². The van der Waals surface area contributed by atoms with Crippen molar-refractivity contribution in [3.8, 4) is 0 Å². The fraction of sp³-hybridized carbons (Fsp3) is 0.831. The highest BCUT2D eigenvalue weighted by molar-refractivity contribution is 5.70. The zero-order chi connectivity index (χ0) is 54.8. The summed E-state index contributed by atoms with van der Waals surface area (Å²) in [4.78, 5) is 24.6. The lowest BCUT2D eigenvalue weighted by atomic mass is 10.0. The van der Waals surface area contributed by atoms with E-state index in [2.05, 4.69) is 74.6 Å². The maximum atomic E-state index is 12.4. The molecule has 0 heterocycles. The smallest absolute Gasteiger partial charge is 0.306 e. The third kappa shape index (κ3) is 64.1. The van der Waals surface area contributed by atoms with Gasteiger partial charge in [-0.25, -0.2) is 0 Å². The van der Waals surface area contributed by atoms with Crippen molar-refractivity contribution in [3.05, 3.63) is 60.8 Å². The number of carbonyl (C=O) groups is 2. The van der Waals surface area contributed by atoms with Gasteiger partial charge < -0.3 is 14.6 Å². The van der Waals surface area contributed by atoms with Crippen LogP contribution in [0.4, 0.5) is 0 Å². The summed E-state index contributed by atoms with van der Waals surface area (Å²) < 4.78 is 10.8. The number of rotatable bonds is 63. The van der Waals surface area contributed by atoms with Crippen LogP contribution in [-0.4, -0.2) is 36.4 Å². The molecule has 0 saturated heterocycles. The Morgan fingerprint density at radius 3 is 0.789 bits per heavy atom. The number of unbranched alkanes of at least 4 members (excludes halogenated alkanes) is 45. The Hall–Kier alpha value is -2.40. The van der Waals surface area contributed by atoms with Crippen molar-refractivity contribution >= 4 is 11.9 Å². The van der Waals surface area contributed by atoms with Gasteiger partial charge in [-0.1, -0.05) is 325 Å². The van der Waals surface area contributed by atoms with Gasteiger partial charge in [0, 0.05) is 12.8 Å². The molecule has 0 aliphatic carbocycles. The van der Waals surface area contributed by atoms with Gasteiger partial charge in [-0.2, -0.15) is 0 Å². The molecule has 0 spiro atoms. The van der Waals surface area contributed by atoms with Gasteiger partial charge in [0.05, 0.1) is 6.61 Å². The molecule has 76 heavy (non-hydrogen) atoms. The Morgan fingerprint density at radius 1 is 0.303 bits per heavy atom. The summed E-state index contributed by atoms with van der Waals surface area (Å²) in [6.45, 7) is 4.17. The van der Waals surface area contributed by atoms with Crippen molar-refractivity contribution in [2.45, 2.75) is 367 Å². The first-order valence-electron chi connectivity index (χ1n) is 33.8. The minimum absolute atomic E-state index is 0.0624. The molecule has 0 aliphatic heterocycles. The van der Waals surface area contributed by atoms with E-state index in [0.29, 0.717) is 12.8 Å². The van der Waals surface area contributed by atoms with Crippen molar-refractivity contribution in [3.63, 3.8) is 0 Å². The lowest BCUT2D eigenvalue weighted by Crippen LogP contribution is -2.28. The van der Waals surface area contributed by atoms with Crippen molar-refractivity contribution < 1.29 is 24.2 Å². The van der Waals surface area contributed by atoms with Crippen molar-refractivity contribution in [2.24, 2.45) is 0 Å². The van der Waals surface area contributed by atoms with Gasteiger partial charge in [0.2, 0.25) is 0 Å². The Kier molecular flexibility index (Phi) is 64.8. The summed E-state index contributed by atoms with van der Waals surface area (Å²) in [6.07, 6.45) is 91.0. The first-order valence-corrected chi connectivity index (χ1v) is 33.8. The number of aliphatic hydroxyl groups is 1. The maximum absolute atomic E-state index is 12.4. The maximum Gasteiger partial charge on any atom is 0.306 e. The predicted molar refractivity (Wildman–Crippen MR) is 334 cm³/mol. The minimum atomic E-state index is -0.773. The molecule has 5 nitrogen and oxygen atoms in total. The quantitative estimate of drug-likeness (QED) is 0.0373. The summed E-state index contributed by atoms with van der Waals surface area (Å²) in [7, 11) is 0. The molecular weight excluding hydrogens is 933 g/mol. The van der Waals surface area contributed by atoms with Crippen LogP contribution in [0.3, 0.4) is 0 Å². The normalized spacial score (nSPS) is 12.5. The summed E-state index contributed by atoms with van der Waals surface area (Å²) in [5.41, 5.74) is 0. The Labute approximate surface area is 474 Å². The Bertz CT molecular complexity index is 1300. The van der Waals surface area contributed by atoms with Crippen molar-refractivity contribution in [1.29, 1.82) is 0 Å². The van der Waals surface area contributed by atoms with E-state index in [1.165, 1.54) is 276 Å². The van der Waals surface area contributed by atoms with Gasteiger partial charge >= 0.3 is 11.9 Å². The van der Waals surface area contributed by atoms with Crippen LogP contribution in [0.2, 0.25) is 0 Å².